The molecule has 5 rings (SSSR count). The van der Waals surface area contributed by atoms with Crippen molar-refractivity contribution in [3.8, 4) is 22.4 Å². The van der Waals surface area contributed by atoms with Crippen molar-refractivity contribution < 1.29 is 0 Å². The van der Waals surface area contributed by atoms with Gasteiger partial charge in [0, 0.05) is 34.5 Å². The van der Waals surface area contributed by atoms with Crippen LogP contribution in [0.2, 0.25) is 0 Å². The van der Waals surface area contributed by atoms with E-state index in [1.165, 1.54) is 6.07 Å². The fourth-order valence-corrected chi connectivity index (χ4v) is 3.53. The molecule has 2 aromatic carbocycles. The van der Waals surface area contributed by atoms with Crippen LogP contribution >= 0.6 is 0 Å². The van der Waals surface area contributed by atoms with E-state index < -0.39 is 0 Å². The Balaban J connectivity index is 1.83. The predicted octanol–water partition coefficient (Wildman–Crippen LogP) is 5.11. The number of nitrogens with zero attached hydrogens (tertiary/aromatic N) is 2. The minimum absolute atomic E-state index is 0.0415. The molecule has 3 aromatic heterocycles. The van der Waals surface area contributed by atoms with Gasteiger partial charge in [-0.05, 0) is 36.8 Å². The Morgan fingerprint density at radius 3 is 2.54 bits per heavy atom. The van der Waals surface area contributed by atoms with Crippen LogP contribution in [0.3, 0.4) is 0 Å². The van der Waals surface area contributed by atoms with Crippen LogP contribution in [0.5, 0.6) is 0 Å². The van der Waals surface area contributed by atoms with Gasteiger partial charge in [0.2, 0.25) is 0 Å². The molecular weight excluding hydrogens is 346 g/mol. The van der Waals surface area contributed by atoms with Crippen LogP contribution in [0, 0.1) is 6.92 Å². The highest BCUT2D eigenvalue weighted by Gasteiger charge is 2.13. The molecule has 134 valence electrons. The first kappa shape index (κ1) is 16.4. The van der Waals surface area contributed by atoms with E-state index in [1.54, 1.807) is 6.20 Å². The van der Waals surface area contributed by atoms with Crippen molar-refractivity contribution in [2.75, 3.05) is 0 Å². The minimum Gasteiger partial charge on any atom is -0.346 e. The van der Waals surface area contributed by atoms with E-state index in [4.69, 9.17) is 4.98 Å². The molecule has 0 spiro atoms. The van der Waals surface area contributed by atoms with Gasteiger partial charge in [0.1, 0.15) is 5.65 Å². The van der Waals surface area contributed by atoms with Crippen molar-refractivity contribution in [2.45, 2.75) is 6.92 Å². The second-order valence-electron chi connectivity index (χ2n) is 6.85. The molecule has 4 heteroatoms. The molecule has 0 aliphatic rings. The fourth-order valence-electron chi connectivity index (χ4n) is 3.53. The van der Waals surface area contributed by atoms with Crippen molar-refractivity contribution in [3.05, 3.63) is 94.9 Å². The molecule has 0 atom stereocenters. The highest BCUT2D eigenvalue weighted by atomic mass is 16.1. The van der Waals surface area contributed by atoms with Crippen LogP contribution in [0.25, 0.3) is 44.3 Å². The molecule has 0 fully saturated rings. The number of fused-ring (bicyclic) bond motifs is 2. The van der Waals surface area contributed by atoms with Gasteiger partial charge < -0.3 is 4.98 Å². The predicted molar refractivity (Wildman–Crippen MR) is 113 cm³/mol. The van der Waals surface area contributed by atoms with E-state index in [-0.39, 0.29) is 5.43 Å². The third-order valence-electron chi connectivity index (χ3n) is 4.93. The van der Waals surface area contributed by atoms with Crippen LogP contribution < -0.4 is 5.43 Å². The summed E-state index contributed by atoms with van der Waals surface area (Å²) in [4.78, 5) is 24.9. The Morgan fingerprint density at radius 1 is 0.821 bits per heavy atom. The Kier molecular flexibility index (Phi) is 3.76. The molecule has 0 aliphatic carbocycles. The van der Waals surface area contributed by atoms with E-state index in [0.29, 0.717) is 11.0 Å². The van der Waals surface area contributed by atoms with Gasteiger partial charge in [-0.25, -0.2) is 4.98 Å². The number of hydrogen-bond donors (Lipinski definition) is 1. The highest BCUT2D eigenvalue weighted by molar-refractivity contribution is 5.93. The number of aromatic nitrogens is 3. The maximum Gasteiger partial charge on any atom is 0.191 e. The summed E-state index contributed by atoms with van der Waals surface area (Å²) in [6.07, 6.45) is 1.64. The zero-order valence-electron chi connectivity index (χ0n) is 15.3. The minimum atomic E-state index is -0.0415. The number of benzene rings is 2. The lowest BCUT2D eigenvalue weighted by molar-refractivity contribution is 1.25. The molecule has 5 aromatic rings. The maximum absolute atomic E-state index is 12.4. The molecule has 0 aliphatic heterocycles. The lowest BCUT2D eigenvalue weighted by atomic mass is 9.97. The van der Waals surface area contributed by atoms with E-state index in [2.05, 4.69) is 22.1 Å². The average Bonchev–Trinajstić information content (AvgIpc) is 2.73. The largest absolute Gasteiger partial charge is 0.346 e. The van der Waals surface area contributed by atoms with Gasteiger partial charge in [-0.1, -0.05) is 42.5 Å². The summed E-state index contributed by atoms with van der Waals surface area (Å²) < 4.78 is 0. The van der Waals surface area contributed by atoms with E-state index in [0.717, 1.165) is 39.0 Å². The van der Waals surface area contributed by atoms with Gasteiger partial charge in [-0.15, -0.1) is 0 Å². The SMILES string of the molecule is Cc1ccc2cc(-c3cc4c(=O)cc[nH]c4nc3-c3ccccc3)ccc2n1. The highest BCUT2D eigenvalue weighted by Crippen LogP contribution is 2.33. The van der Waals surface area contributed by atoms with Crippen molar-refractivity contribution in [3.63, 3.8) is 0 Å². The molecular formula is C24H17N3O. The van der Waals surface area contributed by atoms with Gasteiger partial charge in [0.15, 0.2) is 5.43 Å². The maximum atomic E-state index is 12.4. The molecule has 28 heavy (non-hydrogen) atoms. The van der Waals surface area contributed by atoms with Crippen LogP contribution in [0.1, 0.15) is 5.69 Å². The molecule has 0 radical (unpaired) electrons. The van der Waals surface area contributed by atoms with Gasteiger partial charge >= 0.3 is 0 Å². The number of rotatable bonds is 2. The van der Waals surface area contributed by atoms with Gasteiger partial charge in [-0.2, -0.15) is 0 Å². The zero-order chi connectivity index (χ0) is 19.1. The number of hydrogen-bond acceptors (Lipinski definition) is 3. The topological polar surface area (TPSA) is 58.6 Å². The lowest BCUT2D eigenvalue weighted by Gasteiger charge is -2.12. The summed E-state index contributed by atoms with van der Waals surface area (Å²) >= 11 is 0. The molecule has 0 saturated carbocycles. The number of H-pyrrole nitrogens is 1. The summed E-state index contributed by atoms with van der Waals surface area (Å²) in [5.41, 5.74) is 6.28. The Labute approximate surface area is 161 Å². The smallest absolute Gasteiger partial charge is 0.191 e. The van der Waals surface area contributed by atoms with Crippen LogP contribution in [-0.4, -0.2) is 15.0 Å². The quantitative estimate of drug-likeness (QED) is 0.474. The average molecular weight is 363 g/mol. The van der Waals surface area contributed by atoms with Crippen LogP contribution in [0.4, 0.5) is 0 Å². The first-order valence-corrected chi connectivity index (χ1v) is 9.15. The second kappa shape index (κ2) is 6.43. The van der Waals surface area contributed by atoms with Crippen molar-refractivity contribution in [1.29, 1.82) is 0 Å². The Hall–Kier alpha value is -3.79. The van der Waals surface area contributed by atoms with Crippen molar-refractivity contribution in [1.82, 2.24) is 15.0 Å². The monoisotopic (exact) mass is 363 g/mol. The summed E-state index contributed by atoms with van der Waals surface area (Å²) in [6, 6.07) is 23.7. The first-order valence-electron chi connectivity index (χ1n) is 9.15. The van der Waals surface area contributed by atoms with Crippen molar-refractivity contribution >= 4 is 21.9 Å². The van der Waals surface area contributed by atoms with Gasteiger partial charge in [0.05, 0.1) is 16.6 Å². The normalized spacial score (nSPS) is 11.2. The van der Waals surface area contributed by atoms with E-state index in [9.17, 15) is 4.79 Å². The Bertz CT molecular complexity index is 1390. The number of nitrogens with one attached hydrogen (secondary N) is 1. The molecule has 0 unspecified atom stereocenters. The lowest BCUT2D eigenvalue weighted by Crippen LogP contribution is -2.03. The summed E-state index contributed by atoms with van der Waals surface area (Å²) in [7, 11) is 0. The third kappa shape index (κ3) is 2.76. The zero-order valence-corrected chi connectivity index (χ0v) is 15.3. The number of aryl methyl sites for hydroxylation is 1. The van der Waals surface area contributed by atoms with Crippen LogP contribution in [-0.2, 0) is 0 Å². The second-order valence-corrected chi connectivity index (χ2v) is 6.85. The summed E-state index contributed by atoms with van der Waals surface area (Å²) in [6.45, 7) is 1.99. The van der Waals surface area contributed by atoms with Crippen molar-refractivity contribution in [2.24, 2.45) is 0 Å². The molecule has 3 heterocycles. The molecule has 0 bridgehead atoms. The standard InChI is InChI=1S/C24H17N3O/c1-15-7-8-18-13-17(9-10-21(18)26-15)19-14-20-22(28)11-12-25-24(20)27-23(19)16-5-3-2-4-6-16/h2-14H,1H3,(H,25,27,28). The molecule has 4 nitrogen and oxygen atoms in total. The first-order chi connectivity index (χ1) is 13.7. The summed E-state index contributed by atoms with van der Waals surface area (Å²) in [5.74, 6) is 0. The number of aromatic amines is 1. The van der Waals surface area contributed by atoms with E-state index in [1.807, 2.05) is 61.5 Å². The van der Waals surface area contributed by atoms with E-state index >= 15 is 0 Å². The molecule has 1 N–H and O–H groups in total. The van der Waals surface area contributed by atoms with Gasteiger partial charge in [-0.3, -0.25) is 9.78 Å². The fraction of sp³-hybridized carbons (Fsp3) is 0.0417. The van der Waals surface area contributed by atoms with Crippen LogP contribution in [0.15, 0.2) is 83.8 Å². The molecule has 0 amide bonds. The Morgan fingerprint density at radius 2 is 1.68 bits per heavy atom. The van der Waals surface area contributed by atoms with Gasteiger partial charge in [0.25, 0.3) is 0 Å². The summed E-state index contributed by atoms with van der Waals surface area (Å²) in [5, 5.41) is 1.64. The molecule has 0 saturated heterocycles. The third-order valence-corrected chi connectivity index (χ3v) is 4.93. The number of pyridine rings is 3.